The van der Waals surface area contributed by atoms with E-state index < -0.39 is 12.1 Å². The van der Waals surface area contributed by atoms with Crippen LogP contribution >= 0.6 is 0 Å². The first-order chi connectivity index (χ1) is 16.1. The molecule has 2 atom stereocenters. The topological polar surface area (TPSA) is 96.2 Å². The molecule has 0 fully saturated rings. The Kier molecular flexibility index (Phi) is 8.92. The minimum Gasteiger partial charge on any atom is -0.387 e. The maximum atomic E-state index is 12.7. The van der Waals surface area contributed by atoms with Crippen molar-refractivity contribution in [1.29, 1.82) is 0 Å². The molecule has 0 aliphatic carbocycles. The first-order valence-corrected chi connectivity index (χ1v) is 11.5. The van der Waals surface area contributed by atoms with E-state index >= 15 is 0 Å². The van der Waals surface area contributed by atoms with E-state index in [-0.39, 0.29) is 11.5 Å². The second-order valence-electron chi connectivity index (χ2n) is 7.69. The highest BCUT2D eigenvalue weighted by Crippen LogP contribution is 2.23. The van der Waals surface area contributed by atoms with E-state index in [0.29, 0.717) is 30.9 Å². The van der Waals surface area contributed by atoms with Crippen LogP contribution in [-0.4, -0.2) is 33.7 Å². The van der Waals surface area contributed by atoms with E-state index in [2.05, 4.69) is 15.6 Å². The highest BCUT2D eigenvalue weighted by molar-refractivity contribution is 5.94. The Morgan fingerprint density at radius 1 is 1.12 bits per heavy atom. The summed E-state index contributed by atoms with van der Waals surface area (Å²) in [6.07, 6.45) is 2.98. The molecule has 0 saturated carbocycles. The summed E-state index contributed by atoms with van der Waals surface area (Å²) < 4.78 is 1.49. The second-order valence-corrected chi connectivity index (χ2v) is 7.69. The van der Waals surface area contributed by atoms with Crippen LogP contribution in [0, 0.1) is 0 Å². The summed E-state index contributed by atoms with van der Waals surface area (Å²) >= 11 is 0. The number of nitrogens with one attached hydrogen (secondary N) is 2. The number of benzene rings is 2. The number of carbonyl (C=O) groups is 1. The van der Waals surface area contributed by atoms with E-state index in [0.717, 1.165) is 24.1 Å². The Hall–Kier alpha value is -3.29. The lowest BCUT2D eigenvalue weighted by molar-refractivity contribution is -0.119. The van der Waals surface area contributed by atoms with Gasteiger partial charge in [-0.25, -0.2) is 4.98 Å². The van der Waals surface area contributed by atoms with Crippen molar-refractivity contribution in [2.24, 2.45) is 0 Å². The summed E-state index contributed by atoms with van der Waals surface area (Å²) in [5.74, 6) is 0.464. The predicted octanol–water partition coefficient (Wildman–Crippen LogP) is 3.26. The molecule has 1 amide bonds. The van der Waals surface area contributed by atoms with E-state index in [1.54, 1.807) is 0 Å². The van der Waals surface area contributed by atoms with Crippen molar-refractivity contribution >= 4 is 11.6 Å². The number of anilines is 1. The maximum Gasteiger partial charge on any atom is 0.254 e. The molecule has 174 valence electrons. The van der Waals surface area contributed by atoms with Crippen molar-refractivity contribution in [2.75, 3.05) is 18.4 Å². The minimum atomic E-state index is -0.526. The molecule has 7 nitrogen and oxygen atoms in total. The molecule has 0 spiro atoms. The zero-order chi connectivity index (χ0) is 23.6. The van der Waals surface area contributed by atoms with E-state index in [4.69, 9.17) is 0 Å². The Labute approximate surface area is 194 Å². The molecule has 1 aliphatic rings. The molecule has 2 heterocycles. The van der Waals surface area contributed by atoms with Crippen LogP contribution in [0.2, 0.25) is 0 Å². The number of rotatable bonds is 8. The van der Waals surface area contributed by atoms with Gasteiger partial charge in [-0.3, -0.25) is 14.2 Å². The average molecular weight is 449 g/mol. The molecule has 3 N–H and O–H groups in total. The van der Waals surface area contributed by atoms with Gasteiger partial charge in [-0.2, -0.15) is 0 Å². The number of nitrogens with zero attached hydrogens (tertiary/aromatic N) is 2. The van der Waals surface area contributed by atoms with E-state index in [1.807, 2.05) is 68.4 Å². The van der Waals surface area contributed by atoms with Crippen molar-refractivity contribution in [3.8, 4) is 0 Å². The highest BCUT2D eigenvalue weighted by Gasteiger charge is 2.29. The van der Waals surface area contributed by atoms with Crippen LogP contribution in [0.1, 0.15) is 49.4 Å². The molecule has 0 radical (unpaired) electrons. The third kappa shape index (κ3) is 6.37. The number of aliphatic hydroxyl groups is 1. The first-order valence-electron chi connectivity index (χ1n) is 11.5. The van der Waals surface area contributed by atoms with Gasteiger partial charge in [-0.15, -0.1) is 0 Å². The zero-order valence-electron chi connectivity index (χ0n) is 19.2. The molecule has 1 aliphatic heterocycles. The normalized spacial score (nSPS) is 15.2. The van der Waals surface area contributed by atoms with Crippen LogP contribution in [0.5, 0.6) is 0 Å². The lowest BCUT2D eigenvalue weighted by atomic mass is 10.1. The van der Waals surface area contributed by atoms with Crippen molar-refractivity contribution in [1.82, 2.24) is 14.9 Å². The zero-order valence-corrected chi connectivity index (χ0v) is 19.2. The lowest BCUT2D eigenvalue weighted by Crippen LogP contribution is -2.31. The quantitative estimate of drug-likeness (QED) is 0.460. The SMILES string of the molecule is CC.O=C(Nc1ccc(CCNCC(O)c2ccccc2)cc1)C1CCc2nccc(=O)n21. The Bertz CT molecular complexity index is 1080. The van der Waals surface area contributed by atoms with Crippen molar-refractivity contribution in [3.05, 3.63) is 94.2 Å². The largest absolute Gasteiger partial charge is 0.387 e. The van der Waals surface area contributed by atoms with Crippen LogP contribution in [0.15, 0.2) is 71.7 Å². The van der Waals surface area contributed by atoms with Gasteiger partial charge in [0.2, 0.25) is 5.91 Å². The molecule has 33 heavy (non-hydrogen) atoms. The molecule has 1 aromatic heterocycles. The van der Waals surface area contributed by atoms with Gasteiger partial charge in [-0.1, -0.05) is 56.3 Å². The Morgan fingerprint density at radius 3 is 2.58 bits per heavy atom. The molecular formula is C26H32N4O3. The summed E-state index contributed by atoms with van der Waals surface area (Å²) in [4.78, 5) is 29.0. The fraction of sp³-hybridized carbons (Fsp3) is 0.346. The molecule has 0 bridgehead atoms. The van der Waals surface area contributed by atoms with Gasteiger partial charge in [0.1, 0.15) is 11.9 Å². The van der Waals surface area contributed by atoms with Gasteiger partial charge in [-0.05, 0) is 42.6 Å². The number of aromatic nitrogens is 2. The summed E-state index contributed by atoms with van der Waals surface area (Å²) in [6, 6.07) is 18.1. The average Bonchev–Trinajstić information content (AvgIpc) is 3.30. The molecule has 0 saturated heterocycles. The number of aryl methyl sites for hydroxylation is 1. The Balaban J connectivity index is 0.00000149. The smallest absolute Gasteiger partial charge is 0.254 e. The number of carbonyl (C=O) groups excluding carboxylic acids is 1. The van der Waals surface area contributed by atoms with Crippen molar-refractivity contribution < 1.29 is 9.90 Å². The summed E-state index contributed by atoms with van der Waals surface area (Å²) in [7, 11) is 0. The summed E-state index contributed by atoms with van der Waals surface area (Å²) in [5, 5.41) is 16.4. The predicted molar refractivity (Wildman–Crippen MR) is 130 cm³/mol. The van der Waals surface area contributed by atoms with Gasteiger partial charge >= 0.3 is 0 Å². The highest BCUT2D eigenvalue weighted by atomic mass is 16.3. The first kappa shape index (κ1) is 24.4. The monoisotopic (exact) mass is 448 g/mol. The van der Waals surface area contributed by atoms with Crippen LogP contribution in [0.25, 0.3) is 0 Å². The van der Waals surface area contributed by atoms with Crippen molar-refractivity contribution in [2.45, 2.75) is 45.3 Å². The van der Waals surface area contributed by atoms with Gasteiger partial charge in [0, 0.05) is 30.9 Å². The van der Waals surface area contributed by atoms with Gasteiger partial charge in [0.05, 0.1) is 6.10 Å². The van der Waals surface area contributed by atoms with E-state index in [9.17, 15) is 14.7 Å². The molecule has 2 aromatic carbocycles. The fourth-order valence-electron chi connectivity index (χ4n) is 3.86. The summed E-state index contributed by atoms with van der Waals surface area (Å²) in [6.45, 7) is 5.24. The standard InChI is InChI=1S/C24H26N4O3.C2H6/c29-21(18-4-2-1-3-5-18)16-25-14-12-17-6-8-19(9-7-17)27-24(31)20-10-11-22-26-15-13-23(30)28(20)22;1-2/h1-9,13,15,20-21,25,29H,10-12,14,16H2,(H,27,31);1-2H3. The van der Waals surface area contributed by atoms with Crippen LogP contribution < -0.4 is 16.2 Å². The fourth-order valence-corrected chi connectivity index (χ4v) is 3.86. The number of amides is 1. The molecule has 4 rings (SSSR count). The van der Waals surface area contributed by atoms with E-state index in [1.165, 1.54) is 16.8 Å². The van der Waals surface area contributed by atoms with Crippen molar-refractivity contribution in [3.63, 3.8) is 0 Å². The molecular weight excluding hydrogens is 416 g/mol. The van der Waals surface area contributed by atoms with Crippen LogP contribution in [0.3, 0.4) is 0 Å². The van der Waals surface area contributed by atoms with Crippen LogP contribution in [-0.2, 0) is 17.6 Å². The second kappa shape index (κ2) is 12.1. The third-order valence-corrected chi connectivity index (χ3v) is 5.55. The molecule has 7 heteroatoms. The molecule has 3 aromatic rings. The van der Waals surface area contributed by atoms with Gasteiger partial charge in [0.25, 0.3) is 5.56 Å². The maximum absolute atomic E-state index is 12.7. The Morgan fingerprint density at radius 2 is 1.85 bits per heavy atom. The number of hydrogen-bond donors (Lipinski definition) is 3. The van der Waals surface area contributed by atoms with Gasteiger partial charge < -0.3 is 15.7 Å². The van der Waals surface area contributed by atoms with Gasteiger partial charge in [0.15, 0.2) is 0 Å². The number of fused-ring (bicyclic) bond motifs is 1. The lowest BCUT2D eigenvalue weighted by Gasteiger charge is -2.14. The van der Waals surface area contributed by atoms with Crippen LogP contribution in [0.4, 0.5) is 5.69 Å². The number of hydrogen-bond acceptors (Lipinski definition) is 5. The third-order valence-electron chi connectivity index (χ3n) is 5.55. The molecule has 2 unspecified atom stereocenters. The summed E-state index contributed by atoms with van der Waals surface area (Å²) in [5.41, 5.74) is 2.54. The minimum absolute atomic E-state index is 0.192. The number of aliphatic hydroxyl groups excluding tert-OH is 1.